The zero-order valence-electron chi connectivity index (χ0n) is 10.6. The number of aliphatic carboxylic acids is 1. The van der Waals surface area contributed by atoms with Crippen LogP contribution >= 0.6 is 23.4 Å². The molecule has 0 bridgehead atoms. The van der Waals surface area contributed by atoms with Gasteiger partial charge < -0.3 is 5.11 Å². The maximum atomic E-state index is 11.4. The minimum atomic E-state index is -1.07. The lowest BCUT2D eigenvalue weighted by Gasteiger charge is -2.12. The Kier molecular flexibility index (Phi) is 4.82. The highest BCUT2D eigenvalue weighted by Gasteiger charge is 2.25. The summed E-state index contributed by atoms with van der Waals surface area (Å²) in [6, 6.07) is 12.4. The molecule has 1 atom stereocenters. The van der Waals surface area contributed by atoms with Gasteiger partial charge >= 0.3 is 5.97 Å². The number of rotatable bonds is 5. The molecule has 0 saturated carbocycles. The molecule has 2 rings (SSSR count). The number of hydrogen-bond donors (Lipinski definition) is 1. The zero-order valence-corrected chi connectivity index (χ0v) is 12.2. The molecule has 0 heterocycles. The fraction of sp³-hybridized carbons (Fsp3) is 0.0714. The van der Waals surface area contributed by atoms with Crippen molar-refractivity contribution in [3.63, 3.8) is 0 Å². The van der Waals surface area contributed by atoms with Crippen LogP contribution in [0.3, 0.4) is 0 Å². The standard InChI is InChI=1S/C14H10ClNO4S/c15-10-7-5-9(6-8-10)13(14(17)18)21-12-4-2-1-3-11(12)16(19)20/h1-8,13H,(H,17,18). The van der Waals surface area contributed by atoms with Crippen LogP contribution in [0.4, 0.5) is 5.69 Å². The molecular formula is C14H10ClNO4S. The number of benzene rings is 2. The Morgan fingerprint density at radius 3 is 2.38 bits per heavy atom. The van der Waals surface area contributed by atoms with Crippen LogP contribution in [0.2, 0.25) is 5.02 Å². The van der Waals surface area contributed by atoms with Crippen molar-refractivity contribution in [1.82, 2.24) is 0 Å². The average molecular weight is 324 g/mol. The van der Waals surface area contributed by atoms with E-state index in [4.69, 9.17) is 11.6 Å². The van der Waals surface area contributed by atoms with Crippen molar-refractivity contribution in [2.45, 2.75) is 10.1 Å². The molecule has 0 saturated heterocycles. The fourth-order valence-corrected chi connectivity index (χ4v) is 2.93. The molecule has 0 aliphatic heterocycles. The van der Waals surface area contributed by atoms with Gasteiger partial charge in [0.1, 0.15) is 5.25 Å². The van der Waals surface area contributed by atoms with E-state index < -0.39 is 16.1 Å². The maximum absolute atomic E-state index is 11.4. The van der Waals surface area contributed by atoms with Gasteiger partial charge in [0.25, 0.3) is 5.69 Å². The smallest absolute Gasteiger partial charge is 0.321 e. The maximum Gasteiger partial charge on any atom is 0.321 e. The van der Waals surface area contributed by atoms with Crippen LogP contribution in [0.25, 0.3) is 0 Å². The second-order valence-corrected chi connectivity index (χ2v) is 5.70. The Balaban J connectivity index is 2.35. The quantitative estimate of drug-likeness (QED) is 0.507. The summed E-state index contributed by atoms with van der Waals surface area (Å²) in [6.45, 7) is 0. The lowest BCUT2D eigenvalue weighted by Crippen LogP contribution is -2.08. The van der Waals surface area contributed by atoms with Gasteiger partial charge in [-0.05, 0) is 23.8 Å². The Hall–Kier alpha value is -2.05. The number of nitrogens with zero attached hydrogens (tertiary/aromatic N) is 1. The number of nitro benzene ring substituents is 1. The summed E-state index contributed by atoms with van der Waals surface area (Å²) in [4.78, 5) is 22.2. The third-order valence-corrected chi connectivity index (χ3v) is 4.26. The van der Waals surface area contributed by atoms with Crippen LogP contribution in [-0.2, 0) is 4.79 Å². The first-order valence-corrected chi connectivity index (χ1v) is 7.13. The van der Waals surface area contributed by atoms with Crippen molar-refractivity contribution in [1.29, 1.82) is 0 Å². The second kappa shape index (κ2) is 6.60. The summed E-state index contributed by atoms with van der Waals surface area (Å²) in [7, 11) is 0. The van der Waals surface area contributed by atoms with E-state index in [0.717, 1.165) is 11.8 Å². The summed E-state index contributed by atoms with van der Waals surface area (Å²) in [6.07, 6.45) is 0. The molecule has 108 valence electrons. The predicted molar refractivity (Wildman–Crippen MR) is 80.8 cm³/mol. The number of halogens is 1. The van der Waals surface area contributed by atoms with Crippen LogP contribution in [0.15, 0.2) is 53.4 Å². The molecule has 2 aromatic carbocycles. The van der Waals surface area contributed by atoms with Crippen molar-refractivity contribution in [2.24, 2.45) is 0 Å². The van der Waals surface area contributed by atoms with Crippen molar-refractivity contribution in [3.8, 4) is 0 Å². The van der Waals surface area contributed by atoms with E-state index in [2.05, 4.69) is 0 Å². The van der Waals surface area contributed by atoms with Crippen molar-refractivity contribution >= 4 is 35.0 Å². The Bertz CT molecular complexity index is 675. The monoisotopic (exact) mass is 323 g/mol. The number of carboxylic acid groups (broad SMARTS) is 1. The van der Waals surface area contributed by atoms with Gasteiger partial charge in [0.2, 0.25) is 0 Å². The van der Waals surface area contributed by atoms with E-state index in [-0.39, 0.29) is 5.69 Å². The van der Waals surface area contributed by atoms with Crippen LogP contribution < -0.4 is 0 Å². The lowest BCUT2D eigenvalue weighted by molar-refractivity contribution is -0.387. The average Bonchev–Trinajstić information content (AvgIpc) is 2.46. The van der Waals surface area contributed by atoms with Gasteiger partial charge in [-0.3, -0.25) is 14.9 Å². The number of nitro groups is 1. The summed E-state index contributed by atoms with van der Waals surface area (Å²) in [5.41, 5.74) is 0.415. The highest BCUT2D eigenvalue weighted by atomic mass is 35.5. The molecule has 0 fully saturated rings. The van der Waals surface area contributed by atoms with Gasteiger partial charge in [-0.25, -0.2) is 0 Å². The van der Waals surface area contributed by atoms with Crippen LogP contribution in [0.5, 0.6) is 0 Å². The third-order valence-electron chi connectivity index (χ3n) is 2.70. The van der Waals surface area contributed by atoms with E-state index in [1.807, 2.05) is 0 Å². The number of thioether (sulfide) groups is 1. The second-order valence-electron chi connectivity index (χ2n) is 4.11. The minimum absolute atomic E-state index is 0.109. The molecule has 0 aromatic heterocycles. The van der Waals surface area contributed by atoms with Gasteiger partial charge in [0, 0.05) is 11.1 Å². The van der Waals surface area contributed by atoms with Gasteiger partial charge in [-0.15, -0.1) is 0 Å². The molecule has 1 N–H and O–H groups in total. The van der Waals surface area contributed by atoms with Gasteiger partial charge in [-0.1, -0.05) is 47.6 Å². The number of hydrogen-bond acceptors (Lipinski definition) is 4. The molecule has 21 heavy (non-hydrogen) atoms. The van der Waals surface area contributed by atoms with Gasteiger partial charge in [-0.2, -0.15) is 0 Å². The van der Waals surface area contributed by atoms with Crippen LogP contribution in [0, 0.1) is 10.1 Å². The van der Waals surface area contributed by atoms with Crippen molar-refractivity contribution < 1.29 is 14.8 Å². The SMILES string of the molecule is O=C(O)C(Sc1ccccc1[N+](=O)[O-])c1ccc(Cl)cc1. The van der Waals surface area contributed by atoms with Crippen LogP contribution in [0.1, 0.15) is 10.8 Å². The highest BCUT2D eigenvalue weighted by Crippen LogP contribution is 2.40. The molecule has 2 aromatic rings. The molecule has 5 nitrogen and oxygen atoms in total. The summed E-state index contributed by atoms with van der Waals surface area (Å²) >= 11 is 6.71. The summed E-state index contributed by atoms with van der Waals surface area (Å²) in [5.74, 6) is -1.07. The minimum Gasteiger partial charge on any atom is -0.480 e. The Morgan fingerprint density at radius 2 is 1.81 bits per heavy atom. The molecule has 1 unspecified atom stereocenters. The topological polar surface area (TPSA) is 80.4 Å². The van der Waals surface area contributed by atoms with E-state index in [1.165, 1.54) is 12.1 Å². The van der Waals surface area contributed by atoms with Gasteiger partial charge in [0.05, 0.1) is 9.82 Å². The zero-order chi connectivity index (χ0) is 15.4. The molecule has 0 radical (unpaired) electrons. The van der Waals surface area contributed by atoms with E-state index in [0.29, 0.717) is 15.5 Å². The first-order valence-electron chi connectivity index (χ1n) is 5.87. The van der Waals surface area contributed by atoms with E-state index in [1.54, 1.807) is 36.4 Å². The van der Waals surface area contributed by atoms with Crippen LogP contribution in [-0.4, -0.2) is 16.0 Å². The molecular weight excluding hydrogens is 314 g/mol. The van der Waals surface area contributed by atoms with Crippen molar-refractivity contribution in [3.05, 3.63) is 69.2 Å². The molecule has 0 amide bonds. The Labute approximate surface area is 129 Å². The lowest BCUT2D eigenvalue weighted by atomic mass is 10.1. The van der Waals surface area contributed by atoms with E-state index >= 15 is 0 Å². The Morgan fingerprint density at radius 1 is 1.19 bits per heavy atom. The third kappa shape index (κ3) is 3.74. The first kappa shape index (κ1) is 15.3. The molecule has 0 spiro atoms. The first-order chi connectivity index (χ1) is 9.99. The number of para-hydroxylation sites is 1. The normalized spacial score (nSPS) is 11.9. The van der Waals surface area contributed by atoms with E-state index in [9.17, 15) is 20.0 Å². The predicted octanol–water partition coefficient (Wildman–Crippen LogP) is 4.17. The van der Waals surface area contributed by atoms with Gasteiger partial charge in [0.15, 0.2) is 0 Å². The summed E-state index contributed by atoms with van der Waals surface area (Å²) in [5, 5.41) is 19.9. The highest BCUT2D eigenvalue weighted by molar-refractivity contribution is 8.00. The molecule has 0 aliphatic carbocycles. The number of carbonyl (C=O) groups is 1. The van der Waals surface area contributed by atoms with Crippen molar-refractivity contribution in [2.75, 3.05) is 0 Å². The molecule has 7 heteroatoms. The fourth-order valence-electron chi connectivity index (χ4n) is 1.73. The number of carboxylic acids is 1. The largest absolute Gasteiger partial charge is 0.480 e. The summed E-state index contributed by atoms with van der Waals surface area (Å²) < 4.78 is 0. The molecule has 0 aliphatic rings.